The van der Waals surface area contributed by atoms with Gasteiger partial charge in [0.25, 0.3) is 10.0 Å². The minimum absolute atomic E-state index is 0.234. The van der Waals surface area contributed by atoms with Crippen LogP contribution >= 0.6 is 11.6 Å². The van der Waals surface area contributed by atoms with E-state index in [-0.39, 0.29) is 4.90 Å². The van der Waals surface area contributed by atoms with E-state index in [9.17, 15) is 8.42 Å². The Bertz CT molecular complexity index is 694. The standard InChI is InChI=1S/C14H14ClNO2S/c1-10-6-8-12(9-7-10)19(17,18)16-14-5-3-4-13(15)11(14)2/h3-9,16H,1-2H3. The Labute approximate surface area is 118 Å². The molecule has 1 N–H and O–H groups in total. The Morgan fingerprint density at radius 2 is 1.63 bits per heavy atom. The van der Waals surface area contributed by atoms with Crippen molar-refractivity contribution < 1.29 is 8.42 Å². The van der Waals surface area contributed by atoms with E-state index >= 15 is 0 Å². The first kappa shape index (κ1) is 13.9. The van der Waals surface area contributed by atoms with E-state index in [0.29, 0.717) is 16.3 Å². The Morgan fingerprint density at radius 1 is 1.00 bits per heavy atom. The summed E-state index contributed by atoms with van der Waals surface area (Å²) < 4.78 is 27.0. The van der Waals surface area contributed by atoms with Crippen LogP contribution in [0.5, 0.6) is 0 Å². The first-order valence-corrected chi connectivity index (χ1v) is 7.61. The molecule has 0 unspecified atom stereocenters. The molecular weight excluding hydrogens is 282 g/mol. The number of aryl methyl sites for hydroxylation is 1. The number of benzene rings is 2. The van der Waals surface area contributed by atoms with Crippen molar-refractivity contribution in [3.05, 3.63) is 58.6 Å². The Kier molecular flexibility index (Phi) is 3.83. The van der Waals surface area contributed by atoms with Gasteiger partial charge < -0.3 is 0 Å². The van der Waals surface area contributed by atoms with Crippen LogP contribution in [0.25, 0.3) is 0 Å². The van der Waals surface area contributed by atoms with E-state index in [1.807, 2.05) is 6.92 Å². The molecule has 0 aromatic heterocycles. The molecule has 0 amide bonds. The highest BCUT2D eigenvalue weighted by molar-refractivity contribution is 7.92. The van der Waals surface area contributed by atoms with Gasteiger partial charge in [-0.05, 0) is 43.7 Å². The summed E-state index contributed by atoms with van der Waals surface area (Å²) in [5.41, 5.74) is 2.21. The summed E-state index contributed by atoms with van der Waals surface area (Å²) in [6.07, 6.45) is 0. The van der Waals surface area contributed by atoms with Gasteiger partial charge in [-0.3, -0.25) is 4.72 Å². The Morgan fingerprint density at radius 3 is 2.26 bits per heavy atom. The van der Waals surface area contributed by atoms with Gasteiger partial charge in [-0.1, -0.05) is 35.4 Å². The molecule has 0 fully saturated rings. The molecule has 100 valence electrons. The quantitative estimate of drug-likeness (QED) is 0.937. The first-order valence-electron chi connectivity index (χ1n) is 5.75. The molecule has 2 aromatic carbocycles. The Hall–Kier alpha value is -1.52. The smallest absolute Gasteiger partial charge is 0.261 e. The molecule has 5 heteroatoms. The lowest BCUT2D eigenvalue weighted by molar-refractivity contribution is 0.601. The average Bonchev–Trinajstić information content (AvgIpc) is 2.35. The predicted octanol–water partition coefficient (Wildman–Crippen LogP) is 3.76. The number of rotatable bonds is 3. The molecule has 0 aliphatic carbocycles. The summed E-state index contributed by atoms with van der Waals surface area (Å²) in [5.74, 6) is 0. The van der Waals surface area contributed by atoms with Gasteiger partial charge in [-0.15, -0.1) is 0 Å². The van der Waals surface area contributed by atoms with Gasteiger partial charge in [0.1, 0.15) is 0 Å². The van der Waals surface area contributed by atoms with Gasteiger partial charge in [-0.2, -0.15) is 0 Å². The molecule has 2 rings (SSSR count). The van der Waals surface area contributed by atoms with Gasteiger partial charge >= 0.3 is 0 Å². The van der Waals surface area contributed by atoms with Gasteiger partial charge in [0.05, 0.1) is 10.6 Å². The molecule has 0 radical (unpaired) electrons. The van der Waals surface area contributed by atoms with Crippen molar-refractivity contribution in [3.8, 4) is 0 Å². The molecule has 3 nitrogen and oxygen atoms in total. The predicted molar refractivity (Wildman–Crippen MR) is 78.2 cm³/mol. The summed E-state index contributed by atoms with van der Waals surface area (Å²) in [5, 5.41) is 0.532. The number of sulfonamides is 1. The van der Waals surface area contributed by atoms with Crippen molar-refractivity contribution in [2.75, 3.05) is 4.72 Å². The van der Waals surface area contributed by atoms with Gasteiger partial charge in [0.15, 0.2) is 0 Å². The molecule has 0 aliphatic heterocycles. The fourth-order valence-corrected chi connectivity index (χ4v) is 2.94. The minimum Gasteiger partial charge on any atom is -0.279 e. The maximum absolute atomic E-state index is 12.2. The van der Waals surface area contributed by atoms with E-state index in [1.54, 1.807) is 49.4 Å². The highest BCUT2D eigenvalue weighted by atomic mass is 35.5. The maximum atomic E-state index is 12.2. The summed E-state index contributed by atoms with van der Waals surface area (Å²) in [4.78, 5) is 0.234. The van der Waals surface area contributed by atoms with Crippen molar-refractivity contribution in [1.29, 1.82) is 0 Å². The van der Waals surface area contributed by atoms with Crippen molar-refractivity contribution in [2.24, 2.45) is 0 Å². The van der Waals surface area contributed by atoms with Crippen LogP contribution in [-0.4, -0.2) is 8.42 Å². The third-order valence-electron chi connectivity index (χ3n) is 2.84. The highest BCUT2D eigenvalue weighted by Crippen LogP contribution is 2.25. The zero-order valence-corrected chi connectivity index (χ0v) is 12.2. The van der Waals surface area contributed by atoms with Crippen LogP contribution in [0.1, 0.15) is 11.1 Å². The summed E-state index contributed by atoms with van der Waals surface area (Å²) in [6.45, 7) is 3.68. The average molecular weight is 296 g/mol. The molecule has 0 heterocycles. The summed E-state index contributed by atoms with van der Waals surface area (Å²) in [6, 6.07) is 11.8. The second-order valence-corrected chi connectivity index (χ2v) is 6.42. The lowest BCUT2D eigenvalue weighted by Gasteiger charge is -2.11. The summed E-state index contributed by atoms with van der Waals surface area (Å²) >= 11 is 5.97. The molecule has 0 saturated carbocycles. The third-order valence-corrected chi connectivity index (χ3v) is 4.63. The van der Waals surface area contributed by atoms with Crippen molar-refractivity contribution in [1.82, 2.24) is 0 Å². The molecule has 0 saturated heterocycles. The third kappa shape index (κ3) is 3.08. The fraction of sp³-hybridized carbons (Fsp3) is 0.143. The van der Waals surface area contributed by atoms with Crippen molar-refractivity contribution in [2.45, 2.75) is 18.7 Å². The summed E-state index contributed by atoms with van der Waals surface area (Å²) in [7, 11) is -3.58. The van der Waals surface area contributed by atoms with Crippen LogP contribution in [0.2, 0.25) is 5.02 Å². The van der Waals surface area contributed by atoms with Crippen LogP contribution in [0.3, 0.4) is 0 Å². The van der Waals surface area contributed by atoms with E-state index in [0.717, 1.165) is 5.56 Å². The topological polar surface area (TPSA) is 46.2 Å². The molecule has 2 aromatic rings. The zero-order chi connectivity index (χ0) is 14.0. The van der Waals surface area contributed by atoms with Crippen LogP contribution < -0.4 is 4.72 Å². The minimum atomic E-state index is -3.58. The van der Waals surface area contributed by atoms with E-state index in [2.05, 4.69) is 4.72 Å². The normalized spacial score (nSPS) is 11.3. The second kappa shape index (κ2) is 5.23. The Balaban J connectivity index is 2.36. The number of hydrogen-bond acceptors (Lipinski definition) is 2. The van der Waals surface area contributed by atoms with Crippen LogP contribution in [-0.2, 0) is 10.0 Å². The zero-order valence-electron chi connectivity index (χ0n) is 10.6. The van der Waals surface area contributed by atoms with E-state index in [4.69, 9.17) is 11.6 Å². The molecule has 19 heavy (non-hydrogen) atoms. The highest BCUT2D eigenvalue weighted by Gasteiger charge is 2.15. The number of hydrogen-bond donors (Lipinski definition) is 1. The molecular formula is C14H14ClNO2S. The van der Waals surface area contributed by atoms with Crippen LogP contribution in [0.15, 0.2) is 47.4 Å². The fourth-order valence-electron chi connectivity index (χ4n) is 1.64. The second-order valence-electron chi connectivity index (χ2n) is 4.33. The number of nitrogens with one attached hydrogen (secondary N) is 1. The SMILES string of the molecule is Cc1ccc(S(=O)(=O)Nc2cccc(Cl)c2C)cc1. The van der Waals surface area contributed by atoms with Gasteiger partial charge in [0.2, 0.25) is 0 Å². The molecule has 0 aliphatic rings. The van der Waals surface area contributed by atoms with E-state index in [1.165, 1.54) is 0 Å². The largest absolute Gasteiger partial charge is 0.279 e. The van der Waals surface area contributed by atoms with Crippen LogP contribution in [0.4, 0.5) is 5.69 Å². The monoisotopic (exact) mass is 295 g/mol. The molecule has 0 atom stereocenters. The van der Waals surface area contributed by atoms with Crippen molar-refractivity contribution >= 4 is 27.3 Å². The van der Waals surface area contributed by atoms with E-state index < -0.39 is 10.0 Å². The maximum Gasteiger partial charge on any atom is 0.261 e. The molecule has 0 spiro atoms. The first-order chi connectivity index (χ1) is 8.90. The molecule has 0 bridgehead atoms. The lowest BCUT2D eigenvalue weighted by atomic mass is 10.2. The number of anilines is 1. The van der Waals surface area contributed by atoms with Gasteiger partial charge in [-0.25, -0.2) is 8.42 Å². The lowest BCUT2D eigenvalue weighted by Crippen LogP contribution is -2.13. The van der Waals surface area contributed by atoms with Gasteiger partial charge in [0, 0.05) is 5.02 Å². The van der Waals surface area contributed by atoms with Crippen LogP contribution in [0, 0.1) is 13.8 Å². The van der Waals surface area contributed by atoms with Crippen molar-refractivity contribution in [3.63, 3.8) is 0 Å². The number of halogens is 1.